The van der Waals surface area contributed by atoms with Gasteiger partial charge < -0.3 is 4.90 Å². The summed E-state index contributed by atoms with van der Waals surface area (Å²) in [5.41, 5.74) is 2.13. The number of likely N-dealkylation sites (tertiary alicyclic amines) is 1. The van der Waals surface area contributed by atoms with Crippen molar-refractivity contribution in [2.75, 3.05) is 11.9 Å². The molecule has 1 aliphatic heterocycles. The normalized spacial score (nSPS) is 16.9. The molecule has 0 spiro atoms. The maximum absolute atomic E-state index is 12.6. The Morgan fingerprint density at radius 1 is 1.36 bits per heavy atom. The third-order valence-corrected chi connectivity index (χ3v) is 5.15. The van der Waals surface area contributed by atoms with Gasteiger partial charge >= 0.3 is 0 Å². The smallest absolute Gasteiger partial charge is 0.249 e. The molecule has 2 amide bonds. The molecule has 0 aliphatic carbocycles. The summed E-state index contributed by atoms with van der Waals surface area (Å²) in [5.74, 6) is -0.119. The van der Waals surface area contributed by atoms with E-state index in [9.17, 15) is 9.59 Å². The van der Waals surface area contributed by atoms with Crippen LogP contribution in [0.1, 0.15) is 38.2 Å². The van der Waals surface area contributed by atoms with E-state index in [1.807, 2.05) is 38.1 Å². The van der Waals surface area contributed by atoms with Crippen LogP contribution in [0.5, 0.6) is 0 Å². The first kappa shape index (κ1) is 17.5. The highest BCUT2D eigenvalue weighted by molar-refractivity contribution is 7.18. The first-order valence-electron chi connectivity index (χ1n) is 8.59. The molecule has 6 nitrogen and oxygen atoms in total. The number of carbonyl (C=O) groups excluding carboxylic acids is 2. The molecule has 1 saturated heterocycles. The minimum Gasteiger partial charge on any atom is -0.331 e. The fourth-order valence-electron chi connectivity index (χ4n) is 3.05. The lowest BCUT2D eigenvalue weighted by molar-refractivity contribution is -0.136. The molecule has 0 bridgehead atoms. The van der Waals surface area contributed by atoms with Gasteiger partial charge in [-0.1, -0.05) is 42.0 Å². The van der Waals surface area contributed by atoms with Gasteiger partial charge in [0.15, 0.2) is 0 Å². The zero-order valence-electron chi connectivity index (χ0n) is 14.5. The number of aromatic nitrogens is 2. The van der Waals surface area contributed by atoms with Crippen molar-refractivity contribution < 1.29 is 9.59 Å². The predicted octanol–water partition coefficient (Wildman–Crippen LogP) is 3.24. The van der Waals surface area contributed by atoms with Crippen LogP contribution in [-0.4, -0.2) is 39.5 Å². The van der Waals surface area contributed by atoms with Crippen molar-refractivity contribution in [1.29, 1.82) is 0 Å². The largest absolute Gasteiger partial charge is 0.331 e. The number of hydrogen-bond acceptors (Lipinski definition) is 5. The second-order valence-electron chi connectivity index (χ2n) is 6.27. The molecular weight excluding hydrogens is 336 g/mol. The lowest BCUT2D eigenvalue weighted by atomic mass is 10.1. The van der Waals surface area contributed by atoms with Crippen LogP contribution >= 0.6 is 11.3 Å². The molecule has 1 unspecified atom stereocenters. The quantitative estimate of drug-likeness (QED) is 0.890. The van der Waals surface area contributed by atoms with Crippen molar-refractivity contribution in [3.05, 3.63) is 29.8 Å². The fraction of sp³-hybridized carbons (Fsp3) is 0.444. The maximum Gasteiger partial charge on any atom is 0.249 e. The Bertz CT molecular complexity index is 774. The van der Waals surface area contributed by atoms with Crippen LogP contribution in [0.25, 0.3) is 10.6 Å². The molecule has 1 N–H and O–H groups in total. The number of aryl methyl sites for hydroxylation is 1. The van der Waals surface area contributed by atoms with E-state index in [1.54, 1.807) is 4.90 Å². The first-order valence-corrected chi connectivity index (χ1v) is 9.41. The summed E-state index contributed by atoms with van der Waals surface area (Å²) >= 11 is 1.34. The van der Waals surface area contributed by atoms with Crippen LogP contribution in [-0.2, 0) is 9.59 Å². The summed E-state index contributed by atoms with van der Waals surface area (Å²) in [6.07, 6.45) is 2.84. The van der Waals surface area contributed by atoms with Gasteiger partial charge in [0.25, 0.3) is 0 Å². The Kier molecular flexibility index (Phi) is 5.43. The van der Waals surface area contributed by atoms with Gasteiger partial charge in [-0.3, -0.25) is 14.9 Å². The van der Waals surface area contributed by atoms with E-state index in [2.05, 4.69) is 15.5 Å². The first-order chi connectivity index (χ1) is 12.1. The van der Waals surface area contributed by atoms with Gasteiger partial charge in [0.2, 0.25) is 16.9 Å². The summed E-state index contributed by atoms with van der Waals surface area (Å²) in [6, 6.07) is 7.61. The standard InChI is InChI=1S/C18H22N4O2S/c1-3-6-15(23)22-10-5-9-14(22)16(24)19-18-21-20-17(25-18)13-8-4-7-12(2)11-13/h4,7-8,11,14H,3,5-6,9-10H2,1-2H3,(H,19,21,24). The molecule has 0 radical (unpaired) electrons. The van der Waals surface area contributed by atoms with Crippen molar-refractivity contribution >= 4 is 28.3 Å². The Hall–Kier alpha value is -2.28. The van der Waals surface area contributed by atoms with E-state index in [4.69, 9.17) is 0 Å². The molecule has 2 aromatic rings. The summed E-state index contributed by atoms with van der Waals surface area (Å²) in [5, 5.41) is 12.3. The van der Waals surface area contributed by atoms with Crippen LogP contribution in [0.3, 0.4) is 0 Å². The van der Waals surface area contributed by atoms with Crippen LogP contribution in [0.4, 0.5) is 5.13 Å². The number of carbonyl (C=O) groups is 2. The molecule has 3 rings (SSSR count). The van der Waals surface area contributed by atoms with Crippen molar-refractivity contribution in [3.8, 4) is 10.6 Å². The van der Waals surface area contributed by atoms with Gasteiger partial charge in [-0.25, -0.2) is 0 Å². The van der Waals surface area contributed by atoms with Crippen molar-refractivity contribution in [3.63, 3.8) is 0 Å². The molecule has 7 heteroatoms. The van der Waals surface area contributed by atoms with Crippen LogP contribution < -0.4 is 5.32 Å². The van der Waals surface area contributed by atoms with Gasteiger partial charge in [-0.15, -0.1) is 10.2 Å². The molecule has 1 aromatic carbocycles. The van der Waals surface area contributed by atoms with Gasteiger partial charge in [0, 0.05) is 18.5 Å². The second-order valence-corrected chi connectivity index (χ2v) is 7.24. The zero-order valence-corrected chi connectivity index (χ0v) is 15.3. The number of hydrogen-bond donors (Lipinski definition) is 1. The lowest BCUT2D eigenvalue weighted by Crippen LogP contribution is -2.43. The highest BCUT2D eigenvalue weighted by Gasteiger charge is 2.33. The van der Waals surface area contributed by atoms with E-state index in [1.165, 1.54) is 11.3 Å². The van der Waals surface area contributed by atoms with E-state index in [-0.39, 0.29) is 11.8 Å². The van der Waals surface area contributed by atoms with Crippen molar-refractivity contribution in [2.45, 2.75) is 45.6 Å². The van der Waals surface area contributed by atoms with Crippen LogP contribution in [0.2, 0.25) is 0 Å². The SMILES string of the molecule is CCCC(=O)N1CCCC1C(=O)Nc1nnc(-c2cccc(C)c2)s1. The van der Waals surface area contributed by atoms with E-state index in [0.717, 1.165) is 29.0 Å². The van der Waals surface area contributed by atoms with Crippen molar-refractivity contribution in [1.82, 2.24) is 15.1 Å². The molecular formula is C18H22N4O2S. The molecule has 1 aromatic heterocycles. The molecule has 1 atom stereocenters. The Morgan fingerprint density at radius 3 is 2.96 bits per heavy atom. The van der Waals surface area contributed by atoms with E-state index >= 15 is 0 Å². The number of amides is 2. The molecule has 25 heavy (non-hydrogen) atoms. The van der Waals surface area contributed by atoms with E-state index < -0.39 is 6.04 Å². The minimum absolute atomic E-state index is 0.0536. The summed E-state index contributed by atoms with van der Waals surface area (Å²) in [4.78, 5) is 26.4. The summed E-state index contributed by atoms with van der Waals surface area (Å²) in [6.45, 7) is 4.65. The lowest BCUT2D eigenvalue weighted by Gasteiger charge is -2.23. The Morgan fingerprint density at radius 2 is 2.20 bits per heavy atom. The summed E-state index contributed by atoms with van der Waals surface area (Å²) in [7, 11) is 0. The predicted molar refractivity (Wildman–Crippen MR) is 98.4 cm³/mol. The average Bonchev–Trinajstić information content (AvgIpc) is 3.24. The Labute approximate surface area is 151 Å². The molecule has 2 heterocycles. The van der Waals surface area contributed by atoms with Gasteiger partial charge in [0.1, 0.15) is 11.0 Å². The number of anilines is 1. The zero-order chi connectivity index (χ0) is 17.8. The second kappa shape index (κ2) is 7.74. The average molecular weight is 358 g/mol. The molecule has 132 valence electrons. The molecule has 0 saturated carbocycles. The monoisotopic (exact) mass is 358 g/mol. The summed E-state index contributed by atoms with van der Waals surface area (Å²) < 4.78 is 0. The third-order valence-electron chi connectivity index (χ3n) is 4.26. The third kappa shape index (κ3) is 4.04. The topological polar surface area (TPSA) is 75.2 Å². The minimum atomic E-state index is -0.398. The molecule has 1 fully saturated rings. The highest BCUT2D eigenvalue weighted by atomic mass is 32.1. The van der Waals surface area contributed by atoms with Gasteiger partial charge in [0.05, 0.1) is 0 Å². The van der Waals surface area contributed by atoms with Crippen LogP contribution in [0.15, 0.2) is 24.3 Å². The number of nitrogens with one attached hydrogen (secondary N) is 1. The molecule has 1 aliphatic rings. The van der Waals surface area contributed by atoms with E-state index in [0.29, 0.717) is 24.5 Å². The van der Waals surface area contributed by atoms with Gasteiger partial charge in [-0.2, -0.15) is 0 Å². The fourth-order valence-corrected chi connectivity index (χ4v) is 3.80. The van der Waals surface area contributed by atoms with Gasteiger partial charge in [-0.05, 0) is 32.3 Å². The maximum atomic E-state index is 12.6. The highest BCUT2D eigenvalue weighted by Crippen LogP contribution is 2.28. The van der Waals surface area contributed by atoms with Crippen molar-refractivity contribution in [2.24, 2.45) is 0 Å². The number of rotatable bonds is 5. The van der Waals surface area contributed by atoms with Crippen LogP contribution in [0, 0.1) is 6.92 Å². The Balaban J connectivity index is 1.68. The number of benzene rings is 1. The number of nitrogens with zero attached hydrogens (tertiary/aromatic N) is 3.